The molecule has 1 fully saturated rings. The Bertz CT molecular complexity index is 644. The number of carbonyl (C=O) groups excluding carboxylic acids is 1. The molecule has 1 heterocycles. The van der Waals surface area contributed by atoms with Gasteiger partial charge in [0.15, 0.2) is 6.29 Å². The first kappa shape index (κ1) is 14.3. The van der Waals surface area contributed by atoms with Crippen molar-refractivity contribution in [2.24, 2.45) is 0 Å². The van der Waals surface area contributed by atoms with Crippen molar-refractivity contribution in [1.29, 1.82) is 0 Å². The molecule has 0 amide bonds. The van der Waals surface area contributed by atoms with Gasteiger partial charge in [-0.25, -0.2) is 4.98 Å². The average molecular weight is 304 g/mol. The summed E-state index contributed by atoms with van der Waals surface area (Å²) in [6, 6.07) is 9.49. The van der Waals surface area contributed by atoms with Crippen LogP contribution in [0.5, 0.6) is 5.75 Å². The smallest absolute Gasteiger partial charge is 0.168 e. The van der Waals surface area contributed by atoms with Gasteiger partial charge in [-0.1, -0.05) is 18.2 Å². The molecule has 1 aromatic carbocycles. The van der Waals surface area contributed by atoms with E-state index in [4.69, 9.17) is 16.3 Å². The van der Waals surface area contributed by atoms with Crippen molar-refractivity contribution < 1.29 is 9.53 Å². The van der Waals surface area contributed by atoms with Gasteiger partial charge in [0.1, 0.15) is 17.0 Å². The number of benzene rings is 1. The highest BCUT2D eigenvalue weighted by atomic mass is 35.5. The first-order chi connectivity index (χ1) is 10.3. The largest absolute Gasteiger partial charge is 0.488 e. The number of rotatable bonds is 3. The monoisotopic (exact) mass is 303 g/mol. The summed E-state index contributed by atoms with van der Waals surface area (Å²) in [6.45, 7) is 0. The fourth-order valence-electron chi connectivity index (χ4n) is 2.82. The number of fused-ring (bicyclic) bond motifs is 1. The number of hydrogen-bond donors (Lipinski definition) is 0. The van der Waals surface area contributed by atoms with E-state index >= 15 is 0 Å². The number of ether oxygens (including phenoxy) is 1. The molecule has 21 heavy (non-hydrogen) atoms. The van der Waals surface area contributed by atoms with Gasteiger partial charge < -0.3 is 4.74 Å². The van der Waals surface area contributed by atoms with Gasteiger partial charge in [0.05, 0.1) is 6.10 Å². The normalized spacial score (nSPS) is 22.7. The van der Waals surface area contributed by atoms with E-state index in [0.29, 0.717) is 5.69 Å². The predicted octanol–water partition coefficient (Wildman–Crippen LogP) is 4.37. The van der Waals surface area contributed by atoms with E-state index in [1.54, 1.807) is 6.07 Å². The Morgan fingerprint density at radius 3 is 2.90 bits per heavy atom. The van der Waals surface area contributed by atoms with Gasteiger partial charge in [0.2, 0.25) is 0 Å². The number of hydrogen-bond acceptors (Lipinski definition) is 3. The van der Waals surface area contributed by atoms with E-state index in [1.807, 2.05) is 24.3 Å². The SMILES string of the molecule is O=Cc1ccc2cccc(OC3CCCC(Cl)CC3)c2n1. The summed E-state index contributed by atoms with van der Waals surface area (Å²) in [6.07, 6.45) is 6.08. The molecule has 110 valence electrons. The summed E-state index contributed by atoms with van der Waals surface area (Å²) in [5.74, 6) is 0.759. The molecule has 1 aliphatic rings. The summed E-state index contributed by atoms with van der Waals surface area (Å²) >= 11 is 6.22. The zero-order valence-electron chi connectivity index (χ0n) is 11.8. The van der Waals surface area contributed by atoms with Crippen molar-refractivity contribution in [1.82, 2.24) is 4.98 Å². The van der Waals surface area contributed by atoms with Crippen LogP contribution in [0.4, 0.5) is 0 Å². The molecule has 0 radical (unpaired) electrons. The average Bonchev–Trinajstić information content (AvgIpc) is 2.72. The molecule has 3 nitrogen and oxygen atoms in total. The number of carbonyl (C=O) groups is 1. The van der Waals surface area contributed by atoms with Crippen molar-refractivity contribution in [3.8, 4) is 5.75 Å². The van der Waals surface area contributed by atoms with Crippen LogP contribution >= 0.6 is 11.6 Å². The lowest BCUT2D eigenvalue weighted by molar-refractivity contribution is 0.111. The van der Waals surface area contributed by atoms with Crippen LogP contribution in [-0.2, 0) is 0 Å². The first-order valence-corrected chi connectivity index (χ1v) is 7.85. The Morgan fingerprint density at radius 1 is 1.14 bits per heavy atom. The number of para-hydroxylation sites is 1. The molecule has 3 rings (SSSR count). The second-order valence-corrected chi connectivity index (χ2v) is 6.14. The van der Waals surface area contributed by atoms with Gasteiger partial charge >= 0.3 is 0 Å². The third kappa shape index (κ3) is 3.35. The zero-order chi connectivity index (χ0) is 14.7. The molecule has 0 N–H and O–H groups in total. The number of nitrogens with zero attached hydrogens (tertiary/aromatic N) is 1. The number of pyridine rings is 1. The van der Waals surface area contributed by atoms with E-state index < -0.39 is 0 Å². The van der Waals surface area contributed by atoms with Gasteiger partial charge in [-0.3, -0.25) is 4.79 Å². The Labute approximate surface area is 129 Å². The maximum absolute atomic E-state index is 10.9. The van der Waals surface area contributed by atoms with Crippen molar-refractivity contribution in [2.45, 2.75) is 43.6 Å². The maximum atomic E-state index is 10.9. The molecule has 1 aliphatic carbocycles. The van der Waals surface area contributed by atoms with Gasteiger partial charge in [-0.05, 0) is 44.2 Å². The van der Waals surface area contributed by atoms with E-state index in [9.17, 15) is 4.79 Å². The van der Waals surface area contributed by atoms with Crippen molar-refractivity contribution in [3.05, 3.63) is 36.0 Å². The first-order valence-electron chi connectivity index (χ1n) is 7.42. The summed E-state index contributed by atoms with van der Waals surface area (Å²) in [4.78, 5) is 15.3. The molecular formula is C17H18ClNO2. The van der Waals surface area contributed by atoms with E-state index in [-0.39, 0.29) is 11.5 Å². The summed E-state index contributed by atoms with van der Waals surface area (Å²) in [5, 5.41) is 1.26. The number of aromatic nitrogens is 1. The summed E-state index contributed by atoms with van der Waals surface area (Å²) in [5.41, 5.74) is 1.19. The highest BCUT2D eigenvalue weighted by Gasteiger charge is 2.19. The minimum atomic E-state index is 0.182. The summed E-state index contributed by atoms with van der Waals surface area (Å²) < 4.78 is 6.16. The molecule has 4 heteroatoms. The standard InChI is InChI=1S/C17H18ClNO2/c18-13-4-2-5-15(10-8-13)21-16-6-1-3-12-7-9-14(11-20)19-17(12)16/h1,3,6-7,9,11,13,15H,2,4-5,8,10H2. The lowest BCUT2D eigenvalue weighted by Gasteiger charge is -2.18. The van der Waals surface area contributed by atoms with Crippen molar-refractivity contribution in [2.75, 3.05) is 0 Å². The molecular weight excluding hydrogens is 286 g/mol. The van der Waals surface area contributed by atoms with Gasteiger partial charge in [-0.2, -0.15) is 0 Å². The van der Waals surface area contributed by atoms with Crippen LogP contribution in [-0.4, -0.2) is 22.8 Å². The number of halogens is 1. The molecule has 2 unspecified atom stereocenters. The minimum absolute atomic E-state index is 0.182. The molecule has 0 aliphatic heterocycles. The lowest BCUT2D eigenvalue weighted by Crippen LogP contribution is -2.15. The van der Waals surface area contributed by atoms with Crippen LogP contribution in [0.25, 0.3) is 10.9 Å². The van der Waals surface area contributed by atoms with Gasteiger partial charge in [0, 0.05) is 10.8 Å². The Hall–Kier alpha value is -1.61. The molecule has 2 aromatic rings. The summed E-state index contributed by atoms with van der Waals surface area (Å²) in [7, 11) is 0. The predicted molar refractivity (Wildman–Crippen MR) is 84.3 cm³/mol. The van der Waals surface area contributed by atoms with Crippen molar-refractivity contribution in [3.63, 3.8) is 0 Å². The van der Waals surface area contributed by atoms with Crippen LogP contribution in [0, 0.1) is 0 Å². The highest BCUT2D eigenvalue weighted by molar-refractivity contribution is 6.20. The Morgan fingerprint density at radius 2 is 2.05 bits per heavy atom. The minimum Gasteiger partial charge on any atom is -0.488 e. The van der Waals surface area contributed by atoms with E-state index in [2.05, 4.69) is 4.98 Å². The fourth-order valence-corrected chi connectivity index (χ4v) is 3.10. The molecule has 0 saturated heterocycles. The third-order valence-corrected chi connectivity index (χ3v) is 4.40. The Kier molecular flexibility index (Phi) is 4.39. The van der Waals surface area contributed by atoms with Gasteiger partial charge in [-0.15, -0.1) is 11.6 Å². The quantitative estimate of drug-likeness (QED) is 0.480. The molecule has 0 bridgehead atoms. The number of alkyl halides is 1. The molecule has 2 atom stereocenters. The Balaban J connectivity index is 1.87. The topological polar surface area (TPSA) is 39.2 Å². The highest BCUT2D eigenvalue weighted by Crippen LogP contribution is 2.29. The zero-order valence-corrected chi connectivity index (χ0v) is 12.6. The maximum Gasteiger partial charge on any atom is 0.168 e. The third-order valence-electron chi connectivity index (χ3n) is 3.96. The van der Waals surface area contributed by atoms with Crippen LogP contribution in [0.3, 0.4) is 0 Å². The van der Waals surface area contributed by atoms with Gasteiger partial charge in [0.25, 0.3) is 0 Å². The van der Waals surface area contributed by atoms with Crippen molar-refractivity contribution >= 4 is 28.8 Å². The second kappa shape index (κ2) is 6.44. The number of aldehydes is 1. The molecule has 0 spiro atoms. The van der Waals surface area contributed by atoms with Crippen LogP contribution in [0.1, 0.15) is 42.6 Å². The van der Waals surface area contributed by atoms with E-state index in [1.165, 1.54) is 0 Å². The van der Waals surface area contributed by atoms with Crippen LogP contribution in [0.2, 0.25) is 0 Å². The van der Waals surface area contributed by atoms with Crippen LogP contribution in [0.15, 0.2) is 30.3 Å². The van der Waals surface area contributed by atoms with E-state index in [0.717, 1.165) is 55.0 Å². The lowest BCUT2D eigenvalue weighted by atomic mass is 10.1. The van der Waals surface area contributed by atoms with Crippen LogP contribution < -0.4 is 4.74 Å². The molecule has 1 aromatic heterocycles. The second-order valence-electron chi connectivity index (χ2n) is 5.53. The molecule has 1 saturated carbocycles. The fraction of sp³-hybridized carbons (Fsp3) is 0.412.